The summed E-state index contributed by atoms with van der Waals surface area (Å²) in [4.78, 5) is 17.7. The van der Waals surface area contributed by atoms with Crippen LogP contribution in [0.2, 0.25) is 0 Å². The highest BCUT2D eigenvalue weighted by molar-refractivity contribution is 5.96. The van der Waals surface area contributed by atoms with Crippen molar-refractivity contribution in [2.24, 2.45) is 5.73 Å². The van der Waals surface area contributed by atoms with Gasteiger partial charge in [-0.2, -0.15) is 18.3 Å². The number of benzene rings is 2. The molecule has 4 aromatic rings. The Bertz CT molecular complexity index is 1150. The van der Waals surface area contributed by atoms with Crippen LogP contribution in [0, 0.1) is 0 Å². The average Bonchev–Trinajstić information content (AvgIpc) is 3.27. The number of halogens is 3. The van der Waals surface area contributed by atoms with Crippen LogP contribution in [0.4, 0.5) is 13.2 Å². The molecule has 27 heavy (non-hydrogen) atoms. The van der Waals surface area contributed by atoms with Crippen LogP contribution in [0.5, 0.6) is 0 Å². The van der Waals surface area contributed by atoms with Crippen molar-refractivity contribution in [1.82, 2.24) is 19.7 Å². The Morgan fingerprint density at radius 2 is 1.85 bits per heavy atom. The Labute approximate surface area is 150 Å². The molecule has 0 spiro atoms. The standard InChI is InChI=1S/C18H12F3N5O/c19-18(20,21)14-8-13(12-7-3-5-10-4-1-2-6-11(10)12)25-26(14)17-15(16(22)27)23-9-24-17/h1-9H,(H2,22,27)(H,23,24). The fourth-order valence-electron chi connectivity index (χ4n) is 2.95. The van der Waals surface area contributed by atoms with E-state index in [9.17, 15) is 18.0 Å². The van der Waals surface area contributed by atoms with E-state index in [4.69, 9.17) is 5.73 Å². The Balaban J connectivity index is 1.98. The van der Waals surface area contributed by atoms with Crippen molar-refractivity contribution in [1.29, 1.82) is 0 Å². The first-order valence-electron chi connectivity index (χ1n) is 7.85. The lowest BCUT2D eigenvalue weighted by Gasteiger charge is -2.08. The van der Waals surface area contributed by atoms with Gasteiger partial charge >= 0.3 is 6.18 Å². The van der Waals surface area contributed by atoms with Gasteiger partial charge in [-0.3, -0.25) is 4.79 Å². The molecule has 6 nitrogen and oxygen atoms in total. The molecule has 0 saturated heterocycles. The largest absolute Gasteiger partial charge is 0.433 e. The van der Waals surface area contributed by atoms with E-state index in [1.54, 1.807) is 24.3 Å². The summed E-state index contributed by atoms with van der Waals surface area (Å²) >= 11 is 0. The van der Waals surface area contributed by atoms with Crippen LogP contribution in [-0.4, -0.2) is 25.7 Å². The number of imidazole rings is 1. The predicted octanol–water partition coefficient (Wildman–Crippen LogP) is 3.53. The Morgan fingerprint density at radius 1 is 1.11 bits per heavy atom. The van der Waals surface area contributed by atoms with Gasteiger partial charge < -0.3 is 10.7 Å². The van der Waals surface area contributed by atoms with Crippen LogP contribution in [0.1, 0.15) is 16.2 Å². The van der Waals surface area contributed by atoms with Crippen molar-refractivity contribution in [2.75, 3.05) is 0 Å². The van der Waals surface area contributed by atoms with E-state index >= 15 is 0 Å². The van der Waals surface area contributed by atoms with Gasteiger partial charge in [0.25, 0.3) is 5.91 Å². The third kappa shape index (κ3) is 2.82. The maximum absolute atomic E-state index is 13.6. The number of H-pyrrole nitrogens is 1. The number of carbonyl (C=O) groups is 1. The van der Waals surface area contributed by atoms with Gasteiger partial charge in [-0.25, -0.2) is 9.67 Å². The molecule has 0 atom stereocenters. The molecule has 0 bridgehead atoms. The van der Waals surface area contributed by atoms with Crippen molar-refractivity contribution in [2.45, 2.75) is 6.18 Å². The summed E-state index contributed by atoms with van der Waals surface area (Å²) in [5.74, 6) is -1.24. The molecule has 1 amide bonds. The molecule has 0 fully saturated rings. The number of nitrogens with zero attached hydrogens (tertiary/aromatic N) is 3. The van der Waals surface area contributed by atoms with Crippen molar-refractivity contribution < 1.29 is 18.0 Å². The van der Waals surface area contributed by atoms with E-state index in [1.807, 2.05) is 18.2 Å². The molecule has 0 unspecified atom stereocenters. The van der Waals surface area contributed by atoms with Crippen LogP contribution in [0.3, 0.4) is 0 Å². The van der Waals surface area contributed by atoms with E-state index in [0.717, 1.165) is 23.2 Å². The lowest BCUT2D eigenvalue weighted by Crippen LogP contribution is -2.19. The molecule has 2 aromatic carbocycles. The average molecular weight is 371 g/mol. The monoisotopic (exact) mass is 371 g/mol. The van der Waals surface area contributed by atoms with E-state index in [2.05, 4.69) is 15.1 Å². The van der Waals surface area contributed by atoms with Gasteiger partial charge in [0.2, 0.25) is 0 Å². The summed E-state index contributed by atoms with van der Waals surface area (Å²) < 4.78 is 41.4. The smallest absolute Gasteiger partial charge is 0.364 e. The first-order valence-corrected chi connectivity index (χ1v) is 7.85. The van der Waals surface area contributed by atoms with Gasteiger partial charge in [0.05, 0.1) is 12.0 Å². The molecule has 136 valence electrons. The lowest BCUT2D eigenvalue weighted by molar-refractivity contribution is -0.142. The molecular weight excluding hydrogens is 359 g/mol. The summed E-state index contributed by atoms with van der Waals surface area (Å²) in [6.07, 6.45) is -3.61. The number of fused-ring (bicyclic) bond motifs is 1. The van der Waals surface area contributed by atoms with Crippen LogP contribution in [0.15, 0.2) is 54.9 Å². The maximum atomic E-state index is 13.6. The van der Waals surface area contributed by atoms with Crippen LogP contribution in [0.25, 0.3) is 27.8 Å². The quantitative estimate of drug-likeness (QED) is 0.577. The highest BCUT2D eigenvalue weighted by Gasteiger charge is 2.38. The summed E-state index contributed by atoms with van der Waals surface area (Å²) in [6.45, 7) is 0. The number of rotatable bonds is 3. The first-order chi connectivity index (χ1) is 12.9. The van der Waals surface area contributed by atoms with Crippen molar-refractivity contribution in [3.05, 3.63) is 66.2 Å². The zero-order valence-electron chi connectivity index (χ0n) is 13.7. The topological polar surface area (TPSA) is 89.6 Å². The molecule has 2 aromatic heterocycles. The number of amides is 1. The molecule has 0 aliphatic carbocycles. The third-order valence-electron chi connectivity index (χ3n) is 4.13. The van der Waals surface area contributed by atoms with Gasteiger partial charge in [-0.05, 0) is 16.8 Å². The van der Waals surface area contributed by atoms with Crippen LogP contribution < -0.4 is 5.73 Å². The molecule has 0 aliphatic rings. The second kappa shape index (κ2) is 5.97. The van der Waals surface area contributed by atoms with E-state index in [-0.39, 0.29) is 17.2 Å². The fourth-order valence-corrected chi connectivity index (χ4v) is 2.95. The highest BCUT2D eigenvalue weighted by Crippen LogP contribution is 2.36. The lowest BCUT2D eigenvalue weighted by atomic mass is 10.0. The maximum Gasteiger partial charge on any atom is 0.433 e. The minimum absolute atomic E-state index is 0.109. The summed E-state index contributed by atoms with van der Waals surface area (Å²) in [5, 5.41) is 5.72. The zero-order chi connectivity index (χ0) is 19.2. The third-order valence-corrected chi connectivity index (χ3v) is 4.13. The Hall–Kier alpha value is -3.62. The normalized spacial score (nSPS) is 11.8. The number of alkyl halides is 3. The number of aromatic nitrogens is 4. The van der Waals surface area contributed by atoms with Gasteiger partial charge in [0, 0.05) is 5.56 Å². The van der Waals surface area contributed by atoms with Gasteiger partial charge in [-0.1, -0.05) is 42.5 Å². The number of carbonyl (C=O) groups excluding carboxylic acids is 1. The molecule has 0 radical (unpaired) electrons. The van der Waals surface area contributed by atoms with Gasteiger partial charge in [0.1, 0.15) is 0 Å². The minimum atomic E-state index is -4.70. The van der Waals surface area contributed by atoms with E-state index in [0.29, 0.717) is 10.2 Å². The molecule has 0 saturated carbocycles. The van der Waals surface area contributed by atoms with E-state index in [1.165, 1.54) is 0 Å². The van der Waals surface area contributed by atoms with Gasteiger partial charge in [-0.15, -0.1) is 0 Å². The fraction of sp³-hybridized carbons (Fsp3) is 0.0556. The SMILES string of the molecule is NC(=O)c1[nH]cnc1-n1nc(-c2cccc3ccccc23)cc1C(F)(F)F. The number of nitrogens with two attached hydrogens (primary N) is 1. The number of aromatic amines is 1. The molecule has 2 heterocycles. The Kier molecular flexibility index (Phi) is 3.72. The Morgan fingerprint density at radius 3 is 2.59 bits per heavy atom. The highest BCUT2D eigenvalue weighted by atomic mass is 19.4. The minimum Gasteiger partial charge on any atom is -0.364 e. The molecule has 0 aliphatic heterocycles. The summed E-state index contributed by atoms with van der Waals surface area (Å²) in [7, 11) is 0. The summed E-state index contributed by atoms with van der Waals surface area (Å²) in [5.41, 5.74) is 4.55. The second-order valence-electron chi connectivity index (χ2n) is 5.82. The van der Waals surface area contributed by atoms with Crippen LogP contribution in [-0.2, 0) is 6.18 Å². The number of nitrogens with one attached hydrogen (secondary N) is 1. The summed E-state index contributed by atoms with van der Waals surface area (Å²) in [6, 6.07) is 13.5. The van der Waals surface area contributed by atoms with Crippen LogP contribution >= 0.6 is 0 Å². The predicted molar refractivity (Wildman–Crippen MR) is 92.2 cm³/mol. The van der Waals surface area contributed by atoms with Crippen molar-refractivity contribution >= 4 is 16.7 Å². The van der Waals surface area contributed by atoms with Gasteiger partial charge in [0.15, 0.2) is 17.2 Å². The zero-order valence-corrected chi connectivity index (χ0v) is 13.7. The first kappa shape index (κ1) is 16.8. The molecule has 9 heteroatoms. The molecular formula is C18H12F3N5O. The molecule has 3 N–H and O–H groups in total. The number of hydrogen-bond acceptors (Lipinski definition) is 3. The van der Waals surface area contributed by atoms with Crippen molar-refractivity contribution in [3.8, 4) is 17.1 Å². The van der Waals surface area contributed by atoms with Crippen molar-refractivity contribution in [3.63, 3.8) is 0 Å². The number of primary amides is 1. The molecule has 4 rings (SSSR count). The second-order valence-corrected chi connectivity index (χ2v) is 5.82. The van der Waals surface area contributed by atoms with E-state index < -0.39 is 17.8 Å². The number of hydrogen-bond donors (Lipinski definition) is 2.